The maximum absolute atomic E-state index is 12.8. The number of hydrogen-bond acceptors (Lipinski definition) is 9. The van der Waals surface area contributed by atoms with Gasteiger partial charge in [0, 0.05) is 36.8 Å². The molecule has 1 aliphatic rings. The van der Waals surface area contributed by atoms with Crippen LogP contribution in [-0.2, 0) is 66.8 Å². The Bertz CT molecular complexity index is 1240. The zero-order chi connectivity index (χ0) is 26.5. The quantitative estimate of drug-likeness (QED) is 0.113. The number of hydrazone groups is 1. The molecule has 0 aromatic heterocycles. The number of allylic oxidation sites excluding steroid dienone is 5. The number of nitrogens with zero attached hydrogens (tertiary/aromatic N) is 3. The molecule has 0 fully saturated rings. The van der Waals surface area contributed by atoms with Gasteiger partial charge in [-0.05, 0) is 60.0 Å². The van der Waals surface area contributed by atoms with Crippen molar-refractivity contribution in [2.24, 2.45) is 15.3 Å². The third-order valence-electron chi connectivity index (χ3n) is 4.70. The first-order valence-electron chi connectivity index (χ1n) is 10.4. The average molecular weight is 657 g/mol. The molecule has 0 saturated heterocycles. The van der Waals surface area contributed by atoms with Crippen molar-refractivity contribution in [2.45, 2.75) is 6.92 Å². The van der Waals surface area contributed by atoms with Crippen LogP contribution >= 0.6 is 9.69 Å². The minimum Gasteiger partial charge on any atom is 0 e. The molecule has 0 aliphatic heterocycles. The Balaban J connectivity index is 0.00000223. The van der Waals surface area contributed by atoms with E-state index < -0.39 is 0 Å². The molecule has 0 radical (unpaired) electrons. The third-order valence-corrected chi connectivity index (χ3v) is 5.34. The monoisotopic (exact) mass is 653 g/mol. The Morgan fingerprint density at radius 3 is 1.95 bits per heavy atom. The summed E-state index contributed by atoms with van der Waals surface area (Å²) in [6.07, 6.45) is 6.37. The predicted octanol–water partition coefficient (Wildman–Crippen LogP) is 4.51. The summed E-state index contributed by atoms with van der Waals surface area (Å²) in [5, 5.41) is 12.8. The molecule has 37 heavy (non-hydrogen) atoms. The number of nitrogens with one attached hydrogen (secondary N) is 1. The third kappa shape index (κ3) is 10.2. The van der Waals surface area contributed by atoms with E-state index in [0.29, 0.717) is 21.2 Å². The normalized spacial score (nSPS) is 14.8. The van der Waals surface area contributed by atoms with E-state index in [1.54, 1.807) is 62.8 Å². The number of Topliss-reactive ketones (excluding diaryl/α,β-unsaturated/α-hetero) is 1. The predicted molar refractivity (Wildman–Crippen MR) is 146 cm³/mol. The summed E-state index contributed by atoms with van der Waals surface area (Å²) >= 11 is 11.5. The van der Waals surface area contributed by atoms with Gasteiger partial charge in [-0.2, -0.15) is 10.2 Å². The molecule has 0 bridgehead atoms. The number of ketones is 1. The topological polar surface area (TPSA) is 84.6 Å². The van der Waals surface area contributed by atoms with Crippen LogP contribution < -0.4 is 14.9 Å². The smallest absolute Gasteiger partial charge is 0 e. The number of rotatable bonds is 8. The number of carbonyl (C=O) groups excluding carboxylic acids is 1. The number of hydrogen-bond donors (Lipinski definition) is 1. The zero-order valence-electron chi connectivity index (χ0n) is 20.6. The van der Waals surface area contributed by atoms with Gasteiger partial charge in [-0.15, -0.1) is 0 Å². The van der Waals surface area contributed by atoms with Gasteiger partial charge in [0.2, 0.25) is 0 Å². The van der Waals surface area contributed by atoms with Crippen molar-refractivity contribution in [3.8, 4) is 11.5 Å². The maximum atomic E-state index is 12.8. The van der Waals surface area contributed by atoms with Crippen LogP contribution in [0, 0.1) is 0 Å². The van der Waals surface area contributed by atoms with Crippen LogP contribution in [0.3, 0.4) is 0 Å². The second kappa shape index (κ2) is 17.3. The van der Waals surface area contributed by atoms with E-state index in [9.17, 15) is 4.79 Å². The van der Waals surface area contributed by atoms with Crippen LogP contribution in [-0.4, -0.2) is 36.3 Å². The molecule has 0 heterocycles. The summed E-state index contributed by atoms with van der Waals surface area (Å²) < 4.78 is 10.3. The number of ether oxygens (including phenoxy) is 2. The van der Waals surface area contributed by atoms with Crippen molar-refractivity contribution in [1.82, 2.24) is 5.43 Å². The van der Waals surface area contributed by atoms with E-state index >= 15 is 0 Å². The van der Waals surface area contributed by atoms with Crippen LogP contribution in [0.1, 0.15) is 18.1 Å². The molecule has 7 nitrogen and oxygen atoms in total. The van der Waals surface area contributed by atoms with E-state index in [-0.39, 0.29) is 25.3 Å². The number of carbonyl (C=O) groups is 1. The summed E-state index contributed by atoms with van der Waals surface area (Å²) in [6, 6.07) is 14.4. The van der Waals surface area contributed by atoms with Gasteiger partial charge in [-0.1, -0.05) is 34.4 Å². The van der Waals surface area contributed by atoms with E-state index in [1.165, 1.54) is 12.4 Å². The van der Waals surface area contributed by atoms with Crippen molar-refractivity contribution in [1.29, 1.82) is 0 Å². The number of benzene rings is 2. The average Bonchev–Trinajstić information content (AvgIpc) is 2.92. The Morgan fingerprint density at radius 2 is 1.43 bits per heavy atom. The molecule has 0 atom stereocenters. The van der Waals surface area contributed by atoms with Gasteiger partial charge >= 0.3 is 27.0 Å². The fourth-order valence-electron chi connectivity index (χ4n) is 2.93. The minimum absolute atomic E-state index is 0. The van der Waals surface area contributed by atoms with E-state index in [0.717, 1.165) is 45.5 Å². The van der Waals surface area contributed by atoms with Crippen LogP contribution in [0.15, 0.2) is 98.9 Å². The maximum Gasteiger partial charge on any atom is 0 e. The number of methoxy groups -OCH3 is 2. The second-order valence-corrected chi connectivity index (χ2v) is 7.84. The molecule has 0 amide bonds. The molecule has 184 valence electrons. The second-order valence-electron chi connectivity index (χ2n) is 7.07. The molecule has 0 unspecified atom stereocenters. The fraction of sp³-hybridized carbons (Fsp3) is 0.120. The van der Waals surface area contributed by atoms with E-state index in [4.69, 9.17) is 44.4 Å². The zero-order valence-corrected chi connectivity index (χ0v) is 28.9. The summed E-state index contributed by atoms with van der Waals surface area (Å²) in [5.74, 6) is 1.23. The first-order chi connectivity index (χ1) is 17.4. The molecule has 0 saturated carbocycles. The summed E-state index contributed by atoms with van der Waals surface area (Å²) in [5.41, 5.74) is 5.92. The molecule has 0 spiro atoms. The fourth-order valence-corrected chi connectivity index (χ4v) is 3.30. The van der Waals surface area contributed by atoms with Gasteiger partial charge in [-0.25, -0.2) is 5.10 Å². The molecule has 2 aromatic rings. The molecule has 12 heteroatoms. The Kier molecular flexibility index (Phi) is 15.3. The molecule has 1 aliphatic carbocycles. The Hall–Kier alpha value is -2.28. The summed E-state index contributed by atoms with van der Waals surface area (Å²) in [7, 11) is 7.95. The van der Waals surface area contributed by atoms with Gasteiger partial charge in [0.15, 0.2) is 5.78 Å². The standard InChI is InChI=1S/C25H24N4O3S2.ClH.2Zn/c1-16-12-19(14-26-28-24(33)17-4-8-21(31-2)9-5-17)23(30)20(13-16)15-27-29-25(34)18-6-10-22(32-3)11-7-18;;;/h4-15,26H,1-3H3,(H,28,33)(H,29,34);1H;;/q;;;+2/p-3/b19-14-,27-15-;;;. The van der Waals surface area contributed by atoms with Crippen LogP contribution in [0.2, 0.25) is 0 Å². The summed E-state index contributed by atoms with van der Waals surface area (Å²) in [6.45, 7) is 1.88. The Morgan fingerprint density at radius 1 is 0.919 bits per heavy atom. The van der Waals surface area contributed by atoms with E-state index in [1.807, 2.05) is 19.1 Å². The van der Waals surface area contributed by atoms with Crippen molar-refractivity contribution in [3.05, 3.63) is 94.7 Å². The van der Waals surface area contributed by atoms with Gasteiger partial charge in [0.25, 0.3) is 0 Å². The van der Waals surface area contributed by atoms with Gasteiger partial charge in [0.05, 0.1) is 20.4 Å². The molecular weight excluding hydrogens is 635 g/mol. The first-order valence-corrected chi connectivity index (χ1v) is 15.1. The van der Waals surface area contributed by atoms with Crippen molar-refractivity contribution < 1.29 is 51.1 Å². The largest absolute Gasteiger partial charge is 0 e. The van der Waals surface area contributed by atoms with E-state index in [2.05, 4.69) is 20.7 Å². The van der Waals surface area contributed by atoms with Crippen molar-refractivity contribution >= 4 is 57.0 Å². The van der Waals surface area contributed by atoms with Crippen molar-refractivity contribution in [3.63, 3.8) is 0 Å². The van der Waals surface area contributed by atoms with Crippen molar-refractivity contribution in [2.75, 3.05) is 14.2 Å². The van der Waals surface area contributed by atoms with Gasteiger partial charge < -0.3 is 34.7 Å². The van der Waals surface area contributed by atoms with Gasteiger partial charge in [0.1, 0.15) is 11.5 Å². The molecule has 3 rings (SSSR count). The van der Waals surface area contributed by atoms with Crippen LogP contribution in [0.5, 0.6) is 11.5 Å². The number of halogens is 1. The van der Waals surface area contributed by atoms with Crippen LogP contribution in [0.4, 0.5) is 0 Å². The van der Waals surface area contributed by atoms with Gasteiger partial charge in [-0.3, -0.25) is 10.2 Å². The molecular formula is C25H22ClN4O3S2Zn2-. The summed E-state index contributed by atoms with van der Waals surface area (Å²) in [4.78, 5) is 12.8. The SMILES string of the molecule is COc1ccc(/C([S-])=N/N=C\C2=CC(C)=C/C(=C/N/N=C(\[S-])c3ccc(OC)cc3)C2=O)cc1.[Cl][Zn+].[Zn]. The first kappa shape index (κ1) is 32.7. The Labute approximate surface area is 254 Å². The minimum atomic E-state index is -0.224. The molecule has 1 N–H and O–H groups in total. The van der Waals surface area contributed by atoms with Crippen LogP contribution in [0.25, 0.3) is 0 Å². The molecule has 2 aromatic carbocycles.